The van der Waals surface area contributed by atoms with Crippen LogP contribution in [0.15, 0.2) is 188 Å². The normalized spacial score (nSPS) is 11.3. The Balaban J connectivity index is 1.38. The van der Waals surface area contributed by atoms with E-state index in [1.54, 1.807) is 0 Å². The zero-order chi connectivity index (χ0) is 31.9. The molecule has 1 nitrogen and oxygen atoms in total. The van der Waals surface area contributed by atoms with E-state index in [9.17, 15) is 0 Å². The van der Waals surface area contributed by atoms with Crippen molar-refractivity contribution in [3.8, 4) is 33.4 Å². The van der Waals surface area contributed by atoms with Crippen LogP contribution in [0.5, 0.6) is 0 Å². The average molecular weight is 630 g/mol. The lowest BCUT2D eigenvalue weighted by Gasteiger charge is -2.30. The summed E-state index contributed by atoms with van der Waals surface area (Å²) in [6.07, 6.45) is 0. The Morgan fingerprint density at radius 2 is 0.750 bits per heavy atom. The standard InChI is InChI=1S/C46H31NS/c1-4-14-32(15-5-1)34-24-28-37(29-25-34)47(38-30-26-35(27-31-38)33-16-6-2-7-17-33)45-43(36-18-8-3-9-19-36)39-20-10-11-21-40(39)46-44(45)41-22-12-13-23-42(41)48-46/h1-31H. The van der Waals surface area contributed by atoms with Crippen LogP contribution in [-0.4, -0.2) is 0 Å². The highest BCUT2D eigenvalue weighted by molar-refractivity contribution is 7.26. The number of hydrogen-bond acceptors (Lipinski definition) is 2. The second-order valence-corrected chi connectivity index (χ2v) is 13.2. The Morgan fingerprint density at radius 1 is 0.333 bits per heavy atom. The van der Waals surface area contributed by atoms with Gasteiger partial charge in [-0.05, 0) is 63.5 Å². The molecule has 1 aromatic heterocycles. The molecule has 0 aliphatic heterocycles. The van der Waals surface area contributed by atoms with E-state index in [1.165, 1.54) is 70.0 Å². The maximum absolute atomic E-state index is 2.49. The molecule has 0 spiro atoms. The number of hydrogen-bond donors (Lipinski definition) is 0. The molecule has 0 atom stereocenters. The number of fused-ring (bicyclic) bond motifs is 5. The molecule has 2 heteroatoms. The highest BCUT2D eigenvalue weighted by atomic mass is 32.1. The van der Waals surface area contributed by atoms with Crippen LogP contribution < -0.4 is 4.90 Å². The maximum atomic E-state index is 2.49. The van der Waals surface area contributed by atoms with Crippen molar-refractivity contribution in [2.45, 2.75) is 0 Å². The lowest BCUT2D eigenvalue weighted by molar-refractivity contribution is 1.30. The fourth-order valence-corrected chi connectivity index (χ4v) is 8.26. The van der Waals surface area contributed by atoms with Gasteiger partial charge in [0.15, 0.2) is 0 Å². The number of nitrogens with zero attached hydrogens (tertiary/aromatic N) is 1. The van der Waals surface area contributed by atoms with Crippen molar-refractivity contribution in [2.24, 2.45) is 0 Å². The van der Waals surface area contributed by atoms with Gasteiger partial charge in [0.2, 0.25) is 0 Å². The Kier molecular flexibility index (Phi) is 7.07. The molecule has 8 aromatic carbocycles. The molecule has 9 aromatic rings. The number of rotatable bonds is 6. The van der Waals surface area contributed by atoms with Gasteiger partial charge in [-0.25, -0.2) is 0 Å². The maximum Gasteiger partial charge on any atom is 0.0639 e. The molecule has 0 bridgehead atoms. The summed E-state index contributed by atoms with van der Waals surface area (Å²) in [5.41, 5.74) is 10.7. The van der Waals surface area contributed by atoms with Gasteiger partial charge in [-0.2, -0.15) is 0 Å². The van der Waals surface area contributed by atoms with Crippen LogP contribution in [0, 0.1) is 0 Å². The van der Waals surface area contributed by atoms with Gasteiger partial charge in [0.1, 0.15) is 0 Å². The Bertz CT molecular complexity index is 2430. The second kappa shape index (κ2) is 12.0. The van der Waals surface area contributed by atoms with E-state index in [1.807, 2.05) is 11.3 Å². The third kappa shape index (κ3) is 4.86. The van der Waals surface area contributed by atoms with Crippen LogP contribution in [-0.2, 0) is 0 Å². The molecule has 1 heterocycles. The second-order valence-electron chi connectivity index (χ2n) is 12.1. The van der Waals surface area contributed by atoms with Gasteiger partial charge >= 0.3 is 0 Å². The van der Waals surface area contributed by atoms with Gasteiger partial charge in [0, 0.05) is 42.5 Å². The molecule has 0 unspecified atom stereocenters. The van der Waals surface area contributed by atoms with Crippen LogP contribution in [0.1, 0.15) is 0 Å². The first-order valence-electron chi connectivity index (χ1n) is 16.4. The molecule has 0 saturated carbocycles. The summed E-state index contributed by atoms with van der Waals surface area (Å²) >= 11 is 1.89. The number of benzene rings is 8. The van der Waals surface area contributed by atoms with Crippen molar-refractivity contribution >= 4 is 59.3 Å². The third-order valence-corrected chi connectivity index (χ3v) is 10.5. The monoisotopic (exact) mass is 629 g/mol. The van der Waals surface area contributed by atoms with Crippen LogP contribution in [0.4, 0.5) is 17.1 Å². The summed E-state index contributed by atoms with van der Waals surface area (Å²) in [5, 5.41) is 5.11. The zero-order valence-corrected chi connectivity index (χ0v) is 27.1. The summed E-state index contributed by atoms with van der Waals surface area (Å²) < 4.78 is 2.61. The van der Waals surface area contributed by atoms with Gasteiger partial charge in [-0.3, -0.25) is 0 Å². The smallest absolute Gasteiger partial charge is 0.0639 e. The van der Waals surface area contributed by atoms with Crippen molar-refractivity contribution in [3.63, 3.8) is 0 Å². The third-order valence-electron chi connectivity index (χ3n) is 9.26. The molecule has 9 rings (SSSR count). The van der Waals surface area contributed by atoms with E-state index in [-0.39, 0.29) is 0 Å². The van der Waals surface area contributed by atoms with Crippen LogP contribution in [0.3, 0.4) is 0 Å². The summed E-state index contributed by atoms with van der Waals surface area (Å²) in [7, 11) is 0. The van der Waals surface area contributed by atoms with E-state index >= 15 is 0 Å². The minimum Gasteiger partial charge on any atom is -0.309 e. The van der Waals surface area contributed by atoms with Gasteiger partial charge in [0.05, 0.1) is 5.69 Å². The Hall–Kier alpha value is -5.96. The van der Waals surface area contributed by atoms with Gasteiger partial charge in [0.25, 0.3) is 0 Å². The summed E-state index contributed by atoms with van der Waals surface area (Å²) in [6, 6.07) is 68.0. The molecule has 48 heavy (non-hydrogen) atoms. The highest BCUT2D eigenvalue weighted by Crippen LogP contribution is 2.53. The Labute approximate surface area is 284 Å². The fourth-order valence-electron chi connectivity index (χ4n) is 7.02. The Morgan fingerprint density at radius 3 is 1.29 bits per heavy atom. The van der Waals surface area contributed by atoms with Crippen molar-refractivity contribution in [1.29, 1.82) is 0 Å². The predicted molar refractivity (Wildman–Crippen MR) is 208 cm³/mol. The first kappa shape index (κ1) is 28.3. The van der Waals surface area contributed by atoms with Crippen molar-refractivity contribution in [1.82, 2.24) is 0 Å². The van der Waals surface area contributed by atoms with E-state index in [0.29, 0.717) is 0 Å². The zero-order valence-electron chi connectivity index (χ0n) is 26.3. The average Bonchev–Trinajstić information content (AvgIpc) is 3.56. The molecule has 0 aliphatic rings. The van der Waals surface area contributed by atoms with E-state index in [2.05, 4.69) is 193 Å². The highest BCUT2D eigenvalue weighted by Gasteiger charge is 2.26. The van der Waals surface area contributed by atoms with Gasteiger partial charge in [-0.1, -0.05) is 158 Å². The minimum atomic E-state index is 1.12. The molecule has 0 aliphatic carbocycles. The summed E-state index contributed by atoms with van der Waals surface area (Å²) in [5.74, 6) is 0. The number of thiophene rings is 1. The minimum absolute atomic E-state index is 1.12. The summed E-state index contributed by atoms with van der Waals surface area (Å²) in [6.45, 7) is 0. The molecule has 0 saturated heterocycles. The molecule has 0 fully saturated rings. The van der Waals surface area contributed by atoms with E-state index in [4.69, 9.17) is 0 Å². The largest absolute Gasteiger partial charge is 0.309 e. The topological polar surface area (TPSA) is 3.24 Å². The lowest BCUT2D eigenvalue weighted by atomic mass is 9.91. The van der Waals surface area contributed by atoms with Crippen molar-refractivity contribution in [3.05, 3.63) is 188 Å². The lowest BCUT2D eigenvalue weighted by Crippen LogP contribution is -2.12. The molecule has 0 radical (unpaired) electrons. The van der Waals surface area contributed by atoms with Crippen LogP contribution in [0.25, 0.3) is 64.3 Å². The van der Waals surface area contributed by atoms with Crippen LogP contribution in [0.2, 0.25) is 0 Å². The first-order valence-corrected chi connectivity index (χ1v) is 17.2. The fraction of sp³-hybridized carbons (Fsp3) is 0. The SMILES string of the molecule is c1ccc(-c2ccc(N(c3ccc(-c4ccccc4)cc3)c3c(-c4ccccc4)c4ccccc4c4sc5ccccc5c34)cc2)cc1. The van der Waals surface area contributed by atoms with Crippen molar-refractivity contribution in [2.75, 3.05) is 4.90 Å². The molecule has 0 N–H and O–H groups in total. The molecular weight excluding hydrogens is 599 g/mol. The molecular formula is C46H31NS. The van der Waals surface area contributed by atoms with Crippen molar-refractivity contribution < 1.29 is 0 Å². The van der Waals surface area contributed by atoms with Gasteiger partial charge in [-0.15, -0.1) is 11.3 Å². The predicted octanol–water partition coefficient (Wildman–Crippen LogP) is 13.7. The van der Waals surface area contributed by atoms with E-state index in [0.717, 1.165) is 11.4 Å². The molecule has 0 amide bonds. The quantitative estimate of drug-likeness (QED) is 0.177. The van der Waals surface area contributed by atoms with Gasteiger partial charge < -0.3 is 4.90 Å². The molecule has 226 valence electrons. The summed E-state index contributed by atoms with van der Waals surface area (Å²) in [4.78, 5) is 2.49. The first-order chi connectivity index (χ1) is 23.8. The van der Waals surface area contributed by atoms with E-state index < -0.39 is 0 Å². The van der Waals surface area contributed by atoms with Crippen LogP contribution >= 0.6 is 11.3 Å². The number of anilines is 3.